The maximum atomic E-state index is 11.9. The van der Waals surface area contributed by atoms with Gasteiger partial charge in [-0.3, -0.25) is 4.79 Å². The Morgan fingerprint density at radius 3 is 2.48 bits per heavy atom. The monoisotopic (exact) mass is 375 g/mol. The van der Waals surface area contributed by atoms with E-state index in [9.17, 15) is 4.79 Å². The molecule has 1 fully saturated rings. The molecule has 1 aromatic carbocycles. The van der Waals surface area contributed by atoms with Gasteiger partial charge in [0.05, 0.1) is 7.11 Å². The third-order valence-corrected chi connectivity index (χ3v) is 5.21. The molecule has 152 valence electrons. The standard InChI is InChI=1S/C22H37N3O2/c1-27-21-10-8-20(9-11-21)12-16-23-14-4-2-5-15-24-22(26)13-19-25-17-6-3-7-18-25/h8-11,23H,2-7,12-19H2,1H3,(H,24,26). The lowest BCUT2D eigenvalue weighted by Crippen LogP contribution is -2.34. The normalized spacial score (nSPS) is 14.9. The van der Waals surface area contributed by atoms with Crippen molar-refractivity contribution in [2.24, 2.45) is 0 Å². The van der Waals surface area contributed by atoms with E-state index in [4.69, 9.17) is 4.74 Å². The molecule has 0 aliphatic carbocycles. The Bertz CT molecular complexity index is 513. The summed E-state index contributed by atoms with van der Waals surface area (Å²) < 4.78 is 5.17. The summed E-state index contributed by atoms with van der Waals surface area (Å²) in [6.07, 6.45) is 8.98. The lowest BCUT2D eigenvalue weighted by Gasteiger charge is -2.25. The van der Waals surface area contributed by atoms with Crippen LogP contribution < -0.4 is 15.4 Å². The van der Waals surface area contributed by atoms with Gasteiger partial charge in [0, 0.05) is 19.5 Å². The van der Waals surface area contributed by atoms with E-state index in [2.05, 4.69) is 27.7 Å². The van der Waals surface area contributed by atoms with Crippen molar-refractivity contribution in [3.8, 4) is 5.75 Å². The Balaban J connectivity index is 1.37. The lowest BCUT2D eigenvalue weighted by molar-refractivity contribution is -0.121. The van der Waals surface area contributed by atoms with Crippen molar-refractivity contribution in [3.63, 3.8) is 0 Å². The molecule has 0 spiro atoms. The number of amides is 1. The number of nitrogens with one attached hydrogen (secondary N) is 2. The first-order valence-electron chi connectivity index (χ1n) is 10.6. The van der Waals surface area contributed by atoms with Crippen LogP contribution in [0.4, 0.5) is 0 Å². The number of hydrogen-bond acceptors (Lipinski definition) is 4. The number of nitrogens with zero attached hydrogens (tertiary/aromatic N) is 1. The van der Waals surface area contributed by atoms with Gasteiger partial charge in [0.2, 0.25) is 5.91 Å². The molecule has 1 aromatic rings. The molecule has 0 bridgehead atoms. The number of carbonyl (C=O) groups excluding carboxylic acids is 1. The van der Waals surface area contributed by atoms with Crippen molar-refractivity contribution < 1.29 is 9.53 Å². The van der Waals surface area contributed by atoms with Crippen LogP contribution >= 0.6 is 0 Å². The number of unbranched alkanes of at least 4 members (excludes halogenated alkanes) is 2. The maximum Gasteiger partial charge on any atom is 0.221 e. The second-order valence-electron chi connectivity index (χ2n) is 7.41. The van der Waals surface area contributed by atoms with Gasteiger partial charge >= 0.3 is 0 Å². The number of hydrogen-bond donors (Lipinski definition) is 2. The lowest BCUT2D eigenvalue weighted by atomic mass is 10.1. The summed E-state index contributed by atoms with van der Waals surface area (Å²) in [6, 6.07) is 8.26. The Hall–Kier alpha value is -1.59. The van der Waals surface area contributed by atoms with E-state index in [0.717, 1.165) is 57.6 Å². The Labute approximate surface area is 164 Å². The van der Waals surface area contributed by atoms with E-state index in [-0.39, 0.29) is 5.91 Å². The Kier molecular flexibility index (Phi) is 10.9. The smallest absolute Gasteiger partial charge is 0.221 e. The maximum absolute atomic E-state index is 11.9. The second kappa shape index (κ2) is 13.6. The van der Waals surface area contributed by atoms with E-state index in [1.807, 2.05) is 12.1 Å². The summed E-state index contributed by atoms with van der Waals surface area (Å²) in [6.45, 7) is 6.10. The molecule has 0 atom stereocenters. The SMILES string of the molecule is COc1ccc(CCNCCCCCNC(=O)CCN2CCCCC2)cc1. The van der Waals surface area contributed by atoms with Gasteiger partial charge in [-0.2, -0.15) is 0 Å². The quantitative estimate of drug-likeness (QED) is 0.521. The largest absolute Gasteiger partial charge is 0.497 e. The van der Waals surface area contributed by atoms with Crippen molar-refractivity contribution in [1.82, 2.24) is 15.5 Å². The van der Waals surface area contributed by atoms with Crippen molar-refractivity contribution in [2.75, 3.05) is 46.4 Å². The molecule has 5 nitrogen and oxygen atoms in total. The summed E-state index contributed by atoms with van der Waals surface area (Å²) in [4.78, 5) is 14.3. The summed E-state index contributed by atoms with van der Waals surface area (Å²) in [5.74, 6) is 1.11. The molecule has 1 amide bonds. The molecular formula is C22H37N3O2. The van der Waals surface area contributed by atoms with Gasteiger partial charge in [0.1, 0.15) is 5.75 Å². The third kappa shape index (κ3) is 9.78. The highest BCUT2D eigenvalue weighted by Gasteiger charge is 2.11. The van der Waals surface area contributed by atoms with Crippen LogP contribution in [0.25, 0.3) is 0 Å². The zero-order chi connectivity index (χ0) is 19.2. The van der Waals surface area contributed by atoms with Crippen LogP contribution in [0.2, 0.25) is 0 Å². The van der Waals surface area contributed by atoms with Gasteiger partial charge in [0.15, 0.2) is 0 Å². The van der Waals surface area contributed by atoms with Crippen molar-refractivity contribution in [3.05, 3.63) is 29.8 Å². The molecule has 0 saturated carbocycles. The Morgan fingerprint density at radius 2 is 1.74 bits per heavy atom. The van der Waals surface area contributed by atoms with Crippen LogP contribution in [0.3, 0.4) is 0 Å². The summed E-state index contributed by atoms with van der Waals surface area (Å²) in [7, 11) is 1.69. The van der Waals surface area contributed by atoms with Gasteiger partial charge in [-0.15, -0.1) is 0 Å². The first-order valence-corrected chi connectivity index (χ1v) is 10.6. The van der Waals surface area contributed by atoms with Crippen LogP contribution in [0, 0.1) is 0 Å². The third-order valence-electron chi connectivity index (χ3n) is 5.21. The van der Waals surface area contributed by atoms with Gasteiger partial charge in [0.25, 0.3) is 0 Å². The highest BCUT2D eigenvalue weighted by Crippen LogP contribution is 2.11. The number of rotatable bonds is 13. The molecule has 1 saturated heterocycles. The van der Waals surface area contributed by atoms with Crippen LogP contribution in [-0.2, 0) is 11.2 Å². The van der Waals surface area contributed by atoms with E-state index in [1.54, 1.807) is 7.11 Å². The van der Waals surface area contributed by atoms with Gasteiger partial charge in [-0.05, 0) is 76.0 Å². The average Bonchev–Trinajstić information content (AvgIpc) is 2.72. The van der Waals surface area contributed by atoms with E-state index < -0.39 is 0 Å². The summed E-state index contributed by atoms with van der Waals surface area (Å²) >= 11 is 0. The second-order valence-corrected chi connectivity index (χ2v) is 7.41. The first kappa shape index (κ1) is 21.7. The van der Waals surface area contributed by atoms with E-state index >= 15 is 0 Å². The molecule has 0 aromatic heterocycles. The number of piperidine rings is 1. The van der Waals surface area contributed by atoms with Crippen molar-refractivity contribution in [1.29, 1.82) is 0 Å². The van der Waals surface area contributed by atoms with Crippen LogP contribution in [0.1, 0.15) is 50.5 Å². The molecule has 0 radical (unpaired) electrons. The van der Waals surface area contributed by atoms with Crippen molar-refractivity contribution >= 4 is 5.91 Å². The summed E-state index contributed by atoms with van der Waals surface area (Å²) in [5, 5.41) is 6.55. The molecule has 0 unspecified atom stereocenters. The number of benzene rings is 1. The molecule has 27 heavy (non-hydrogen) atoms. The van der Waals surface area contributed by atoms with Gasteiger partial charge in [-0.25, -0.2) is 0 Å². The summed E-state index contributed by atoms with van der Waals surface area (Å²) in [5.41, 5.74) is 1.33. The van der Waals surface area contributed by atoms with Crippen LogP contribution in [-0.4, -0.2) is 57.2 Å². The number of carbonyl (C=O) groups is 1. The highest BCUT2D eigenvalue weighted by atomic mass is 16.5. The van der Waals surface area contributed by atoms with Crippen LogP contribution in [0.5, 0.6) is 5.75 Å². The zero-order valence-corrected chi connectivity index (χ0v) is 17.0. The van der Waals surface area contributed by atoms with Gasteiger partial charge in [-0.1, -0.05) is 25.0 Å². The number of likely N-dealkylation sites (tertiary alicyclic amines) is 1. The number of methoxy groups -OCH3 is 1. The highest BCUT2D eigenvalue weighted by molar-refractivity contribution is 5.75. The fraction of sp³-hybridized carbons (Fsp3) is 0.682. The zero-order valence-electron chi connectivity index (χ0n) is 17.0. The Morgan fingerprint density at radius 1 is 1.00 bits per heavy atom. The molecule has 2 N–H and O–H groups in total. The fourth-order valence-corrected chi connectivity index (χ4v) is 3.46. The fourth-order valence-electron chi connectivity index (χ4n) is 3.46. The van der Waals surface area contributed by atoms with Gasteiger partial charge < -0.3 is 20.3 Å². The predicted molar refractivity (Wildman–Crippen MR) is 111 cm³/mol. The van der Waals surface area contributed by atoms with Crippen molar-refractivity contribution in [2.45, 2.75) is 51.4 Å². The molecule has 1 aliphatic heterocycles. The minimum absolute atomic E-state index is 0.207. The first-order chi connectivity index (χ1) is 13.3. The molecule has 1 heterocycles. The van der Waals surface area contributed by atoms with E-state index in [1.165, 1.54) is 37.9 Å². The minimum atomic E-state index is 0.207. The number of ether oxygens (including phenoxy) is 1. The topological polar surface area (TPSA) is 53.6 Å². The average molecular weight is 376 g/mol. The molecule has 1 aliphatic rings. The molecule has 2 rings (SSSR count). The van der Waals surface area contributed by atoms with E-state index in [0.29, 0.717) is 6.42 Å². The molecular weight excluding hydrogens is 338 g/mol. The van der Waals surface area contributed by atoms with Crippen LogP contribution in [0.15, 0.2) is 24.3 Å². The predicted octanol–water partition coefficient (Wildman–Crippen LogP) is 2.99. The molecule has 5 heteroatoms. The minimum Gasteiger partial charge on any atom is -0.497 e.